The van der Waals surface area contributed by atoms with Crippen molar-refractivity contribution in [2.45, 2.75) is 94.7 Å². The second kappa shape index (κ2) is 12.8. The quantitative estimate of drug-likeness (QED) is 0.0950. The van der Waals surface area contributed by atoms with Crippen LogP contribution in [0.2, 0.25) is 6.04 Å². The van der Waals surface area contributed by atoms with Gasteiger partial charge in [0.25, 0.3) is 0 Å². The van der Waals surface area contributed by atoms with Gasteiger partial charge in [0.2, 0.25) is 0 Å². The molecule has 0 saturated heterocycles. The van der Waals surface area contributed by atoms with Gasteiger partial charge in [-0.25, -0.2) is 0 Å². The normalized spacial score (nSPS) is 14.8. The summed E-state index contributed by atoms with van der Waals surface area (Å²) in [5.74, 6) is -38.4. The molecule has 0 aromatic heterocycles. The highest BCUT2D eigenvalue weighted by Crippen LogP contribution is 2.60. The number of hydrogen-bond donors (Lipinski definition) is 0. The maximum Gasteiger partial charge on any atom is 0.500 e. The molecule has 0 heterocycles. The zero-order valence-electron chi connectivity index (χ0n) is 19.9. The summed E-state index contributed by atoms with van der Waals surface area (Å²) >= 11 is 0. The van der Waals surface area contributed by atoms with Crippen molar-refractivity contribution in [2.75, 3.05) is 19.8 Å². The van der Waals surface area contributed by atoms with Crippen LogP contribution in [-0.4, -0.2) is 70.2 Å². The Labute approximate surface area is 205 Å². The summed E-state index contributed by atoms with van der Waals surface area (Å²) in [5.41, 5.74) is 0. The summed E-state index contributed by atoms with van der Waals surface area (Å²) in [7, 11) is -3.13. The molecule has 0 spiro atoms. The highest BCUT2D eigenvalue weighted by atomic mass is 28.4. The van der Waals surface area contributed by atoms with Crippen molar-refractivity contribution < 1.29 is 75.1 Å². The molecule has 0 aliphatic heterocycles. The summed E-state index contributed by atoms with van der Waals surface area (Å²) in [6.07, 6.45) is -12.0. The van der Waals surface area contributed by atoms with Gasteiger partial charge in [-0.1, -0.05) is 0 Å². The summed E-state index contributed by atoms with van der Waals surface area (Å²) in [6, 6.07) is 0.165. The Morgan fingerprint density at radius 3 is 1.38 bits per heavy atom. The number of carbonyl (C=O) groups is 1. The predicted molar refractivity (Wildman–Crippen MR) is 104 cm³/mol. The van der Waals surface area contributed by atoms with Crippen molar-refractivity contribution in [3.05, 3.63) is 0 Å². The van der Waals surface area contributed by atoms with Crippen molar-refractivity contribution in [3.8, 4) is 0 Å². The monoisotopic (exact) mass is 594 g/mol. The summed E-state index contributed by atoms with van der Waals surface area (Å²) in [5, 5.41) is 0. The maximum atomic E-state index is 13.8. The molecule has 0 unspecified atom stereocenters. The van der Waals surface area contributed by atoms with E-state index in [0.29, 0.717) is 0 Å². The third-order valence-corrected chi connectivity index (χ3v) is 8.15. The van der Waals surface area contributed by atoms with E-state index in [-0.39, 0.29) is 38.7 Å². The van der Waals surface area contributed by atoms with Gasteiger partial charge in [0.05, 0.1) is 0 Å². The molecule has 0 bridgehead atoms. The van der Waals surface area contributed by atoms with Gasteiger partial charge >= 0.3 is 44.6 Å². The molecule has 0 aliphatic rings. The molecule has 0 aliphatic carbocycles. The Morgan fingerprint density at radius 1 is 0.595 bits per heavy atom. The smallest absolute Gasteiger partial charge is 0.374 e. The summed E-state index contributed by atoms with van der Waals surface area (Å²) in [6.45, 7) is 5.61. The molecule has 0 atom stereocenters. The lowest BCUT2D eigenvalue weighted by Gasteiger charge is -2.39. The van der Waals surface area contributed by atoms with E-state index in [1.165, 1.54) is 0 Å². The number of alkyl halides is 13. The Balaban J connectivity index is 5.30. The molecule has 0 rings (SSSR count). The van der Waals surface area contributed by atoms with E-state index in [1.54, 1.807) is 20.8 Å². The first-order valence-corrected chi connectivity index (χ1v) is 12.9. The van der Waals surface area contributed by atoms with Crippen molar-refractivity contribution in [2.24, 2.45) is 0 Å². The first kappa shape index (κ1) is 35.9. The van der Waals surface area contributed by atoms with Crippen molar-refractivity contribution in [1.82, 2.24) is 0 Å². The number of rotatable bonds is 18. The van der Waals surface area contributed by atoms with Crippen molar-refractivity contribution in [1.29, 1.82) is 0 Å². The molecule has 0 fully saturated rings. The van der Waals surface area contributed by atoms with Crippen molar-refractivity contribution in [3.63, 3.8) is 0 Å². The molecule has 0 saturated carbocycles. The fraction of sp³-hybridized carbons (Fsp3) is 0.947. The van der Waals surface area contributed by atoms with Gasteiger partial charge in [0.1, 0.15) is 5.78 Å². The van der Waals surface area contributed by atoms with E-state index in [1.807, 2.05) is 0 Å². The standard InChI is InChI=1S/C19H27F13O4Si/c1-4-34-37(35-5-2,36-6-3)12-8-7-9-13(33)10-11-14(20,21)15(22,23)16(24,25)17(26,27)18(28,29)19(30,31)32/h4-12H2,1-3H3. The largest absolute Gasteiger partial charge is 0.500 e. The molecule has 0 aromatic rings. The third kappa shape index (κ3) is 7.71. The maximum absolute atomic E-state index is 13.8. The predicted octanol–water partition coefficient (Wildman–Crippen LogP) is 7.29. The van der Waals surface area contributed by atoms with Gasteiger partial charge in [-0.15, -0.1) is 0 Å². The molecule has 0 radical (unpaired) electrons. The van der Waals surface area contributed by atoms with Gasteiger partial charge in [-0.05, 0) is 33.6 Å². The number of unbranched alkanes of at least 4 members (excludes halogenated alkanes) is 1. The highest BCUT2D eigenvalue weighted by molar-refractivity contribution is 6.60. The molecule has 4 nitrogen and oxygen atoms in total. The second-order valence-electron chi connectivity index (χ2n) is 7.73. The third-order valence-electron chi connectivity index (χ3n) is 5.00. The minimum atomic E-state index is -7.95. The van der Waals surface area contributed by atoms with Crippen LogP contribution in [0.1, 0.15) is 52.9 Å². The highest BCUT2D eigenvalue weighted by Gasteiger charge is 2.90. The summed E-state index contributed by atoms with van der Waals surface area (Å²) < 4.78 is 187. The van der Waals surface area contributed by atoms with Crippen LogP contribution in [0.3, 0.4) is 0 Å². The van der Waals surface area contributed by atoms with Crippen LogP contribution >= 0.6 is 0 Å². The fourth-order valence-corrected chi connectivity index (χ4v) is 5.73. The van der Waals surface area contributed by atoms with Crippen LogP contribution in [0.15, 0.2) is 0 Å². The van der Waals surface area contributed by atoms with E-state index in [2.05, 4.69) is 0 Å². The van der Waals surface area contributed by atoms with Gasteiger partial charge in [-0.2, -0.15) is 57.1 Å². The minimum absolute atomic E-state index is 0.0607. The van der Waals surface area contributed by atoms with Crippen LogP contribution in [0.4, 0.5) is 57.1 Å². The zero-order valence-corrected chi connectivity index (χ0v) is 20.9. The molecule has 0 N–H and O–H groups in total. The molecular weight excluding hydrogens is 567 g/mol. The Hall–Kier alpha value is -1.14. The van der Waals surface area contributed by atoms with Gasteiger partial charge in [0.15, 0.2) is 0 Å². The van der Waals surface area contributed by atoms with Gasteiger partial charge < -0.3 is 13.3 Å². The average Bonchev–Trinajstić information content (AvgIpc) is 2.74. The Kier molecular flexibility index (Phi) is 12.4. The number of halogens is 13. The van der Waals surface area contributed by atoms with Crippen LogP contribution in [0, 0.1) is 0 Å². The van der Waals surface area contributed by atoms with Gasteiger partial charge in [0, 0.05) is 45.1 Å². The molecule has 0 amide bonds. The van der Waals surface area contributed by atoms with E-state index >= 15 is 0 Å². The topological polar surface area (TPSA) is 44.8 Å². The SMILES string of the molecule is CCO[Si](CCCCC(=O)CCC(F)(F)C(F)(F)C(F)(F)C(F)(F)C(F)(F)C(F)(F)F)(OCC)OCC. The number of Topliss-reactive ketones (excluding diaryl/α,β-unsaturated/α-hetero) is 1. The van der Waals surface area contributed by atoms with Gasteiger partial charge in [-0.3, -0.25) is 4.79 Å². The Morgan fingerprint density at radius 2 is 1.00 bits per heavy atom. The van der Waals surface area contributed by atoms with E-state index in [4.69, 9.17) is 13.3 Å². The lowest BCUT2D eigenvalue weighted by molar-refractivity contribution is -0.440. The average molecular weight is 594 g/mol. The molecular formula is C19H27F13O4Si. The fourth-order valence-electron chi connectivity index (χ4n) is 3.05. The van der Waals surface area contributed by atoms with Crippen LogP contribution in [-0.2, 0) is 18.1 Å². The molecule has 0 aromatic carbocycles. The molecule has 18 heteroatoms. The summed E-state index contributed by atoms with van der Waals surface area (Å²) in [4.78, 5) is 11.8. The van der Waals surface area contributed by atoms with Crippen molar-refractivity contribution >= 4 is 14.6 Å². The number of hydrogen-bond acceptors (Lipinski definition) is 4. The van der Waals surface area contributed by atoms with Crippen LogP contribution in [0.25, 0.3) is 0 Å². The number of ketones is 1. The molecule has 37 heavy (non-hydrogen) atoms. The van der Waals surface area contributed by atoms with E-state index in [9.17, 15) is 61.9 Å². The van der Waals surface area contributed by atoms with E-state index < -0.39 is 69.6 Å². The number of carbonyl (C=O) groups excluding carboxylic acids is 1. The zero-order chi connectivity index (χ0) is 29.6. The Bertz CT molecular complexity index is 712. The first-order chi connectivity index (χ1) is 16.5. The van der Waals surface area contributed by atoms with E-state index in [0.717, 1.165) is 0 Å². The minimum Gasteiger partial charge on any atom is -0.374 e. The van der Waals surface area contributed by atoms with Crippen LogP contribution in [0.5, 0.6) is 0 Å². The molecule has 222 valence electrons. The lowest BCUT2D eigenvalue weighted by atomic mass is 9.91. The second-order valence-corrected chi connectivity index (χ2v) is 10.5. The first-order valence-electron chi connectivity index (χ1n) is 10.9. The van der Waals surface area contributed by atoms with Crippen LogP contribution < -0.4 is 0 Å². The lowest BCUT2D eigenvalue weighted by Crippen LogP contribution is -2.70.